The summed E-state index contributed by atoms with van der Waals surface area (Å²) in [5.74, 6) is 4.76. The molecule has 0 nitrogen and oxygen atoms in total. The topological polar surface area (TPSA) is 0 Å². The molecule has 3 saturated carbocycles. The van der Waals surface area contributed by atoms with Crippen molar-refractivity contribution in [3.05, 3.63) is 13.2 Å². The molecule has 0 aliphatic heterocycles. The van der Waals surface area contributed by atoms with Crippen LogP contribution in [0.5, 0.6) is 0 Å². The predicted octanol–water partition coefficient (Wildman–Crippen LogP) is 4.02. The third-order valence-corrected chi connectivity index (χ3v) is 4.60. The lowest BCUT2D eigenvalue weighted by Crippen LogP contribution is -2.25. The van der Waals surface area contributed by atoms with E-state index < -0.39 is 0 Å². The van der Waals surface area contributed by atoms with E-state index in [-0.39, 0.29) is 0 Å². The average Bonchev–Trinajstić information content (AvgIpc) is 2.82. The average molecular weight is 178 g/mol. The van der Waals surface area contributed by atoms with Crippen molar-refractivity contribution in [2.75, 3.05) is 0 Å². The molecule has 3 aliphatic carbocycles. The molecule has 2 unspecified atom stereocenters. The molecule has 2 bridgehead atoms. The van der Waals surface area contributed by atoms with Gasteiger partial charge < -0.3 is 0 Å². The van der Waals surface area contributed by atoms with Gasteiger partial charge in [-0.2, -0.15) is 0 Å². The molecule has 3 aliphatic rings. The quantitative estimate of drug-likeness (QED) is 0.491. The third kappa shape index (κ3) is 1.45. The molecule has 0 spiro atoms. The number of hydrogen-bond acceptors (Lipinski definition) is 0. The highest BCUT2D eigenvalue weighted by molar-refractivity contribution is 4.97. The van der Waals surface area contributed by atoms with Crippen molar-refractivity contribution in [3.63, 3.8) is 0 Å². The van der Waals surface area contributed by atoms with E-state index >= 15 is 0 Å². The van der Waals surface area contributed by atoms with Gasteiger partial charge in [-0.15, -0.1) is 13.2 Å². The van der Waals surface area contributed by atoms with Gasteiger partial charge >= 0.3 is 0 Å². The summed E-state index contributed by atoms with van der Waals surface area (Å²) in [5, 5.41) is 0. The molecule has 4 atom stereocenters. The van der Waals surface area contributed by atoms with Gasteiger partial charge in [0.2, 0.25) is 0 Å². The van der Waals surface area contributed by atoms with E-state index in [1.807, 2.05) is 0 Å². The first kappa shape index (κ1) is 9.30. The van der Waals surface area contributed by atoms with Crippen LogP contribution < -0.4 is 0 Å². The zero-order chi connectivity index (χ0) is 9.26. The Labute approximate surface area is 82.4 Å². The van der Waals surface area contributed by atoms with Gasteiger partial charge in [0, 0.05) is 0 Å². The largest absolute Gasteiger partial charge is 0.106 e. The van der Waals surface area contributed by atoms with Crippen LogP contribution in [-0.2, 0) is 0 Å². The molecule has 0 aromatic heterocycles. The molecule has 0 saturated heterocycles. The zero-order valence-corrected chi connectivity index (χ0v) is 8.67. The second-order valence-corrected chi connectivity index (χ2v) is 4.95. The lowest BCUT2D eigenvalue weighted by Gasteiger charge is -2.34. The zero-order valence-electron chi connectivity index (χ0n) is 8.67. The molecule has 74 valence electrons. The molecule has 0 heterocycles. The Morgan fingerprint density at radius 2 is 1.15 bits per heavy atom. The van der Waals surface area contributed by atoms with Crippen LogP contribution in [0.3, 0.4) is 0 Å². The predicted molar refractivity (Wildman–Crippen MR) is 57.5 cm³/mol. The van der Waals surface area contributed by atoms with Crippen LogP contribution in [0.2, 0.25) is 0 Å². The summed E-state index contributed by atoms with van der Waals surface area (Å²) in [4.78, 5) is 0. The standard InChI is InChI=1S/C11H18.C2H4/c1-2-4-11-9-6-5-8(7-9)10(11)3-1;1-2/h8-11H,1-7H2;1-2H2/t8-,9+,10?,11?;. The molecule has 13 heavy (non-hydrogen) atoms. The molecular formula is C13H22. The summed E-state index contributed by atoms with van der Waals surface area (Å²) < 4.78 is 0. The molecule has 0 aromatic carbocycles. The summed E-state index contributed by atoms with van der Waals surface area (Å²) >= 11 is 0. The van der Waals surface area contributed by atoms with Crippen molar-refractivity contribution < 1.29 is 0 Å². The minimum Gasteiger partial charge on any atom is -0.106 e. The van der Waals surface area contributed by atoms with Gasteiger partial charge in [0.1, 0.15) is 0 Å². The van der Waals surface area contributed by atoms with Crippen molar-refractivity contribution in [1.29, 1.82) is 0 Å². The summed E-state index contributed by atoms with van der Waals surface area (Å²) in [5.41, 5.74) is 0. The van der Waals surface area contributed by atoms with E-state index in [9.17, 15) is 0 Å². The lowest BCUT2D eigenvalue weighted by atomic mass is 9.71. The fourth-order valence-corrected chi connectivity index (χ4v) is 4.19. The van der Waals surface area contributed by atoms with Crippen molar-refractivity contribution >= 4 is 0 Å². The van der Waals surface area contributed by atoms with Crippen LogP contribution >= 0.6 is 0 Å². The molecule has 0 aromatic rings. The Kier molecular flexibility index (Phi) is 2.76. The second-order valence-electron chi connectivity index (χ2n) is 4.95. The van der Waals surface area contributed by atoms with Crippen LogP contribution in [0.15, 0.2) is 13.2 Å². The Hall–Kier alpha value is -0.260. The second kappa shape index (κ2) is 3.86. The van der Waals surface area contributed by atoms with E-state index in [4.69, 9.17) is 0 Å². The lowest BCUT2D eigenvalue weighted by molar-refractivity contribution is 0.158. The highest BCUT2D eigenvalue weighted by Gasteiger charge is 2.47. The molecule has 0 heteroatoms. The van der Waals surface area contributed by atoms with E-state index in [2.05, 4.69) is 13.2 Å². The van der Waals surface area contributed by atoms with E-state index in [1.54, 1.807) is 44.9 Å². The molecule has 3 fully saturated rings. The normalized spacial score (nSPS) is 46.5. The summed E-state index contributed by atoms with van der Waals surface area (Å²) in [6.07, 6.45) is 11.1. The van der Waals surface area contributed by atoms with E-state index in [0.29, 0.717) is 0 Å². The maximum absolute atomic E-state index is 3.00. The maximum atomic E-state index is 3.00. The summed E-state index contributed by atoms with van der Waals surface area (Å²) in [6, 6.07) is 0. The maximum Gasteiger partial charge on any atom is -0.0355 e. The number of hydrogen-bond donors (Lipinski definition) is 0. The van der Waals surface area contributed by atoms with Crippen LogP contribution in [0.25, 0.3) is 0 Å². The van der Waals surface area contributed by atoms with E-state index in [1.165, 1.54) is 23.7 Å². The SMILES string of the molecule is C1CCC2C(C1)[C@@H]1CC[C@H]2C1.C=C. The Morgan fingerprint density at radius 3 is 1.62 bits per heavy atom. The summed E-state index contributed by atoms with van der Waals surface area (Å²) in [7, 11) is 0. The molecule has 0 radical (unpaired) electrons. The first-order chi connectivity index (χ1) is 6.45. The van der Waals surface area contributed by atoms with Crippen molar-refractivity contribution in [1.82, 2.24) is 0 Å². The van der Waals surface area contributed by atoms with Gasteiger partial charge in [-0.3, -0.25) is 0 Å². The van der Waals surface area contributed by atoms with Crippen LogP contribution in [0.4, 0.5) is 0 Å². The Morgan fingerprint density at radius 1 is 0.692 bits per heavy atom. The molecular weight excluding hydrogens is 156 g/mol. The Bertz CT molecular complexity index is 155. The highest BCUT2D eigenvalue weighted by Crippen LogP contribution is 2.57. The minimum absolute atomic E-state index is 1.19. The first-order valence-corrected chi connectivity index (χ1v) is 5.95. The fourth-order valence-electron chi connectivity index (χ4n) is 4.19. The Balaban J connectivity index is 0.000000308. The molecule has 0 N–H and O–H groups in total. The van der Waals surface area contributed by atoms with E-state index in [0.717, 1.165) is 0 Å². The van der Waals surface area contributed by atoms with Crippen LogP contribution in [0, 0.1) is 23.7 Å². The van der Waals surface area contributed by atoms with Gasteiger partial charge in [0.25, 0.3) is 0 Å². The van der Waals surface area contributed by atoms with Crippen molar-refractivity contribution in [2.24, 2.45) is 23.7 Å². The van der Waals surface area contributed by atoms with Crippen LogP contribution in [-0.4, -0.2) is 0 Å². The van der Waals surface area contributed by atoms with Gasteiger partial charge in [-0.05, 0) is 55.8 Å². The fraction of sp³-hybridized carbons (Fsp3) is 0.846. The van der Waals surface area contributed by atoms with Crippen molar-refractivity contribution in [2.45, 2.75) is 44.9 Å². The highest BCUT2D eigenvalue weighted by atomic mass is 14.5. The minimum atomic E-state index is 1.19. The number of fused-ring (bicyclic) bond motifs is 5. The van der Waals surface area contributed by atoms with Gasteiger partial charge in [0.05, 0.1) is 0 Å². The summed E-state index contributed by atoms with van der Waals surface area (Å²) in [6.45, 7) is 6.00. The molecule has 3 rings (SSSR count). The third-order valence-electron chi connectivity index (χ3n) is 4.60. The molecule has 0 amide bonds. The number of rotatable bonds is 0. The smallest absolute Gasteiger partial charge is 0.0355 e. The monoisotopic (exact) mass is 178 g/mol. The van der Waals surface area contributed by atoms with Crippen molar-refractivity contribution in [3.8, 4) is 0 Å². The first-order valence-electron chi connectivity index (χ1n) is 5.95. The van der Waals surface area contributed by atoms with Gasteiger partial charge in [-0.1, -0.05) is 12.8 Å². The van der Waals surface area contributed by atoms with Crippen LogP contribution in [0.1, 0.15) is 44.9 Å². The van der Waals surface area contributed by atoms with Gasteiger partial charge in [0.15, 0.2) is 0 Å². The van der Waals surface area contributed by atoms with Gasteiger partial charge in [-0.25, -0.2) is 0 Å².